The van der Waals surface area contributed by atoms with E-state index in [1.54, 1.807) is 12.1 Å². The predicted molar refractivity (Wildman–Crippen MR) is 123 cm³/mol. The van der Waals surface area contributed by atoms with Crippen molar-refractivity contribution >= 4 is 11.5 Å². The summed E-state index contributed by atoms with van der Waals surface area (Å²) in [6.45, 7) is 9.16. The molecule has 0 aliphatic carbocycles. The lowest BCUT2D eigenvalue weighted by Gasteiger charge is -2.31. The SMILES string of the molecule is Cc1cc(=O)n2nc(N3CCc4ncc(-c5cc(F)ccc5C)cc4C3)c(C)c(C)c2n1. The highest BCUT2D eigenvalue weighted by molar-refractivity contribution is 5.68. The number of nitrogens with zero attached hydrogens (tertiary/aromatic N) is 5. The summed E-state index contributed by atoms with van der Waals surface area (Å²) in [6.07, 6.45) is 2.60. The van der Waals surface area contributed by atoms with Gasteiger partial charge >= 0.3 is 0 Å². The summed E-state index contributed by atoms with van der Waals surface area (Å²) in [4.78, 5) is 23.9. The van der Waals surface area contributed by atoms with Crippen LogP contribution in [0.3, 0.4) is 0 Å². The summed E-state index contributed by atoms with van der Waals surface area (Å²) in [5, 5.41) is 4.68. The maximum Gasteiger partial charge on any atom is 0.274 e. The highest BCUT2D eigenvalue weighted by Crippen LogP contribution is 2.30. The van der Waals surface area contributed by atoms with Crippen molar-refractivity contribution in [3.63, 3.8) is 0 Å². The van der Waals surface area contributed by atoms with Crippen LogP contribution in [0, 0.1) is 33.5 Å². The Morgan fingerprint density at radius 3 is 2.66 bits per heavy atom. The van der Waals surface area contributed by atoms with Gasteiger partial charge < -0.3 is 4.90 Å². The number of halogens is 1. The van der Waals surface area contributed by atoms with Gasteiger partial charge in [0, 0.05) is 59.9 Å². The summed E-state index contributed by atoms with van der Waals surface area (Å²) < 4.78 is 15.2. The van der Waals surface area contributed by atoms with Gasteiger partial charge in [0.2, 0.25) is 0 Å². The number of rotatable bonds is 2. The number of hydrogen-bond acceptors (Lipinski definition) is 5. The van der Waals surface area contributed by atoms with Crippen LogP contribution >= 0.6 is 0 Å². The minimum Gasteiger partial charge on any atom is -0.350 e. The lowest BCUT2D eigenvalue weighted by molar-refractivity contribution is 0.628. The van der Waals surface area contributed by atoms with Crippen molar-refractivity contribution in [2.24, 2.45) is 0 Å². The van der Waals surface area contributed by atoms with E-state index < -0.39 is 0 Å². The fraction of sp³-hybridized carbons (Fsp3) is 0.280. The van der Waals surface area contributed by atoms with Crippen LogP contribution < -0.4 is 10.5 Å². The van der Waals surface area contributed by atoms with Crippen molar-refractivity contribution in [2.45, 2.75) is 40.7 Å². The molecule has 3 aromatic heterocycles. The second kappa shape index (κ2) is 7.51. The van der Waals surface area contributed by atoms with Gasteiger partial charge in [0.25, 0.3) is 5.56 Å². The molecule has 0 spiro atoms. The lowest BCUT2D eigenvalue weighted by Crippen LogP contribution is -2.34. The van der Waals surface area contributed by atoms with Gasteiger partial charge in [0.1, 0.15) is 5.82 Å². The molecule has 0 radical (unpaired) electrons. The quantitative estimate of drug-likeness (QED) is 0.480. The van der Waals surface area contributed by atoms with Gasteiger partial charge in [-0.1, -0.05) is 6.07 Å². The first-order valence-electron chi connectivity index (χ1n) is 10.7. The molecule has 0 fully saturated rings. The molecule has 162 valence electrons. The van der Waals surface area contributed by atoms with Crippen molar-refractivity contribution in [3.05, 3.63) is 86.3 Å². The monoisotopic (exact) mass is 429 g/mol. The molecule has 0 N–H and O–H groups in total. The highest BCUT2D eigenvalue weighted by atomic mass is 19.1. The summed E-state index contributed by atoms with van der Waals surface area (Å²) in [5.41, 5.74) is 7.95. The fourth-order valence-corrected chi connectivity index (χ4v) is 4.40. The smallest absolute Gasteiger partial charge is 0.274 e. The van der Waals surface area contributed by atoms with Crippen molar-refractivity contribution in [1.82, 2.24) is 19.6 Å². The van der Waals surface area contributed by atoms with Crippen LogP contribution in [-0.4, -0.2) is 26.1 Å². The van der Waals surface area contributed by atoms with Crippen molar-refractivity contribution in [1.29, 1.82) is 0 Å². The Labute approximate surface area is 185 Å². The fourth-order valence-electron chi connectivity index (χ4n) is 4.40. The van der Waals surface area contributed by atoms with Gasteiger partial charge in [-0.25, -0.2) is 9.37 Å². The zero-order valence-electron chi connectivity index (χ0n) is 18.6. The third kappa shape index (κ3) is 3.34. The number of benzene rings is 1. The zero-order valence-corrected chi connectivity index (χ0v) is 18.6. The molecular formula is C25H24FN5O. The molecule has 4 heterocycles. The lowest BCUT2D eigenvalue weighted by atomic mass is 9.97. The predicted octanol–water partition coefficient (Wildman–Crippen LogP) is 4.09. The molecule has 0 amide bonds. The van der Waals surface area contributed by atoms with Crippen LogP contribution in [0.25, 0.3) is 16.8 Å². The molecule has 1 aromatic carbocycles. The molecule has 5 rings (SSSR count). The van der Waals surface area contributed by atoms with E-state index in [-0.39, 0.29) is 11.4 Å². The minimum absolute atomic E-state index is 0.181. The number of fused-ring (bicyclic) bond motifs is 2. The first-order valence-corrected chi connectivity index (χ1v) is 10.7. The van der Waals surface area contributed by atoms with Gasteiger partial charge in [-0.15, -0.1) is 5.10 Å². The van der Waals surface area contributed by atoms with E-state index in [2.05, 4.69) is 26.0 Å². The average molecular weight is 429 g/mol. The summed E-state index contributed by atoms with van der Waals surface area (Å²) >= 11 is 0. The van der Waals surface area contributed by atoms with Gasteiger partial charge in [-0.05, 0) is 62.6 Å². The van der Waals surface area contributed by atoms with E-state index in [0.717, 1.165) is 57.9 Å². The van der Waals surface area contributed by atoms with Crippen LogP contribution in [0.1, 0.15) is 33.6 Å². The molecule has 0 atom stereocenters. The Morgan fingerprint density at radius 1 is 1.03 bits per heavy atom. The number of pyridine rings is 1. The molecule has 4 aromatic rings. The largest absolute Gasteiger partial charge is 0.350 e. The molecule has 0 saturated carbocycles. The molecule has 1 aliphatic heterocycles. The second-order valence-corrected chi connectivity index (χ2v) is 8.51. The molecular weight excluding hydrogens is 405 g/mol. The van der Waals surface area contributed by atoms with E-state index in [0.29, 0.717) is 17.9 Å². The summed E-state index contributed by atoms with van der Waals surface area (Å²) in [5.74, 6) is 0.520. The van der Waals surface area contributed by atoms with E-state index in [1.807, 2.05) is 33.9 Å². The molecule has 1 aliphatic rings. The van der Waals surface area contributed by atoms with Crippen molar-refractivity contribution in [2.75, 3.05) is 11.4 Å². The van der Waals surface area contributed by atoms with E-state index in [9.17, 15) is 9.18 Å². The van der Waals surface area contributed by atoms with Gasteiger partial charge in [-0.3, -0.25) is 9.78 Å². The Morgan fingerprint density at radius 2 is 1.84 bits per heavy atom. The van der Waals surface area contributed by atoms with E-state index >= 15 is 0 Å². The van der Waals surface area contributed by atoms with Gasteiger partial charge in [0.05, 0.1) is 0 Å². The second-order valence-electron chi connectivity index (χ2n) is 8.51. The maximum atomic E-state index is 13.9. The van der Waals surface area contributed by atoms with Gasteiger partial charge in [-0.2, -0.15) is 4.52 Å². The van der Waals surface area contributed by atoms with Crippen LogP contribution in [0.15, 0.2) is 41.3 Å². The third-order valence-corrected chi connectivity index (χ3v) is 6.30. The van der Waals surface area contributed by atoms with Crippen LogP contribution in [0.4, 0.5) is 10.2 Å². The van der Waals surface area contributed by atoms with Gasteiger partial charge in [0.15, 0.2) is 11.5 Å². The number of hydrogen-bond donors (Lipinski definition) is 0. The topological polar surface area (TPSA) is 63.4 Å². The molecule has 32 heavy (non-hydrogen) atoms. The zero-order chi connectivity index (χ0) is 22.6. The molecule has 6 nitrogen and oxygen atoms in total. The number of aryl methyl sites for hydroxylation is 3. The van der Waals surface area contributed by atoms with Crippen molar-refractivity contribution in [3.8, 4) is 11.1 Å². The molecule has 0 saturated heterocycles. The van der Waals surface area contributed by atoms with E-state index in [1.165, 1.54) is 16.6 Å². The number of anilines is 1. The Balaban J connectivity index is 1.57. The number of aromatic nitrogens is 4. The Hall–Kier alpha value is -3.61. The molecule has 0 bridgehead atoms. The summed E-state index contributed by atoms with van der Waals surface area (Å²) in [7, 11) is 0. The maximum absolute atomic E-state index is 13.9. The van der Waals surface area contributed by atoms with E-state index in [4.69, 9.17) is 0 Å². The highest BCUT2D eigenvalue weighted by Gasteiger charge is 2.23. The molecule has 7 heteroatoms. The Kier molecular flexibility index (Phi) is 4.77. The van der Waals surface area contributed by atoms with Crippen LogP contribution in [0.2, 0.25) is 0 Å². The third-order valence-electron chi connectivity index (χ3n) is 6.30. The standard InChI is InChI=1S/C25H24FN5O/c1-14-5-6-20(26)11-21(14)18-10-19-13-30(8-7-22(19)27-12-18)25-17(4)16(3)24-28-15(2)9-23(32)31(24)29-25/h5-6,9-12H,7-8,13H2,1-4H3. The Bertz CT molecular complexity index is 1440. The minimum atomic E-state index is -0.259. The van der Waals surface area contributed by atoms with Crippen LogP contribution in [0.5, 0.6) is 0 Å². The first kappa shape index (κ1) is 20.3. The van der Waals surface area contributed by atoms with Crippen LogP contribution in [-0.2, 0) is 13.0 Å². The first-order chi connectivity index (χ1) is 15.3. The average Bonchev–Trinajstić information content (AvgIpc) is 2.77. The van der Waals surface area contributed by atoms with Crippen molar-refractivity contribution < 1.29 is 4.39 Å². The normalized spacial score (nSPS) is 13.5. The summed E-state index contributed by atoms with van der Waals surface area (Å²) in [6, 6.07) is 8.41. The molecule has 0 unspecified atom stereocenters.